The first kappa shape index (κ1) is 18.0. The number of nitrogens with one attached hydrogen (secondary N) is 1. The van der Waals surface area contributed by atoms with Gasteiger partial charge in [-0.2, -0.15) is 0 Å². The van der Waals surface area contributed by atoms with Gasteiger partial charge in [0, 0.05) is 32.4 Å². The molecule has 26 heavy (non-hydrogen) atoms. The Morgan fingerprint density at radius 1 is 1.54 bits per heavy atom. The number of carbonyl (C=O) groups is 1. The molecule has 0 aromatic carbocycles. The fourth-order valence-electron chi connectivity index (χ4n) is 3.08. The summed E-state index contributed by atoms with van der Waals surface area (Å²) in [5.41, 5.74) is 1.74. The molecular weight excluding hydrogens is 330 g/mol. The number of carbonyl (C=O) groups excluding carboxylic acids is 1. The maximum Gasteiger partial charge on any atom is 0.410 e. The van der Waals surface area contributed by atoms with Crippen LogP contribution in [0.4, 0.5) is 10.6 Å². The van der Waals surface area contributed by atoms with Crippen molar-refractivity contribution < 1.29 is 9.53 Å². The fraction of sp³-hybridized carbons (Fsp3) is 0.421. The molecule has 7 heteroatoms. The van der Waals surface area contributed by atoms with Gasteiger partial charge in [-0.1, -0.05) is 18.7 Å². The average Bonchev–Trinajstić information content (AvgIpc) is 3.10. The smallest absolute Gasteiger partial charge is 0.410 e. The predicted octanol–water partition coefficient (Wildman–Crippen LogP) is 3.13. The third kappa shape index (κ3) is 3.71. The van der Waals surface area contributed by atoms with Crippen LogP contribution < -0.4 is 4.90 Å². The van der Waals surface area contributed by atoms with Gasteiger partial charge in [0.05, 0.1) is 5.39 Å². The highest BCUT2D eigenvalue weighted by Crippen LogP contribution is 2.25. The number of ether oxygens (including phenoxy) is 1. The highest BCUT2D eigenvalue weighted by molar-refractivity contribution is 5.87. The SMILES string of the molecule is C=C/C(=C\C)COC(=O)N1CC[C@H]1CCN(C)c1ncnc2[nH]ccc12. The normalized spacial score (nSPS) is 17.1. The summed E-state index contributed by atoms with van der Waals surface area (Å²) in [4.78, 5) is 27.8. The van der Waals surface area contributed by atoms with E-state index >= 15 is 0 Å². The lowest BCUT2D eigenvalue weighted by Crippen LogP contribution is -2.52. The number of aromatic nitrogens is 3. The second-order valence-electron chi connectivity index (χ2n) is 6.41. The monoisotopic (exact) mass is 355 g/mol. The lowest BCUT2D eigenvalue weighted by atomic mass is 10.0. The molecule has 0 radical (unpaired) electrons. The number of hydrogen-bond donors (Lipinski definition) is 1. The molecule has 138 valence electrons. The van der Waals surface area contributed by atoms with Gasteiger partial charge in [0.25, 0.3) is 0 Å². The first-order valence-electron chi connectivity index (χ1n) is 8.84. The number of anilines is 1. The van der Waals surface area contributed by atoms with E-state index in [-0.39, 0.29) is 18.7 Å². The molecule has 1 aliphatic rings. The van der Waals surface area contributed by atoms with Crippen LogP contribution in [0.15, 0.2) is 42.9 Å². The Bertz CT molecular complexity index is 813. The van der Waals surface area contributed by atoms with Crippen molar-refractivity contribution in [1.29, 1.82) is 0 Å². The average molecular weight is 355 g/mol. The zero-order valence-corrected chi connectivity index (χ0v) is 15.3. The van der Waals surface area contributed by atoms with E-state index in [0.717, 1.165) is 48.4 Å². The summed E-state index contributed by atoms with van der Waals surface area (Å²) >= 11 is 0. The zero-order chi connectivity index (χ0) is 18.5. The van der Waals surface area contributed by atoms with E-state index in [9.17, 15) is 4.79 Å². The van der Waals surface area contributed by atoms with Crippen LogP contribution in [-0.4, -0.2) is 58.7 Å². The topological polar surface area (TPSA) is 74.3 Å². The van der Waals surface area contributed by atoms with Crippen molar-refractivity contribution >= 4 is 22.9 Å². The Morgan fingerprint density at radius 2 is 2.38 bits per heavy atom. The van der Waals surface area contributed by atoms with Crippen molar-refractivity contribution in [3.8, 4) is 0 Å². The molecule has 1 fully saturated rings. The van der Waals surface area contributed by atoms with Gasteiger partial charge < -0.3 is 19.5 Å². The number of allylic oxidation sites excluding steroid dienone is 1. The Balaban J connectivity index is 1.52. The Hall–Kier alpha value is -2.83. The van der Waals surface area contributed by atoms with Crippen molar-refractivity contribution in [3.05, 3.63) is 42.9 Å². The van der Waals surface area contributed by atoms with E-state index < -0.39 is 0 Å². The molecule has 0 spiro atoms. The minimum atomic E-state index is -0.250. The standard InChI is InChI=1S/C19H25N5O2/c1-4-14(5-2)12-26-19(25)24-11-8-15(24)7-10-23(3)18-16-6-9-20-17(16)21-13-22-18/h4-6,9,13,15H,1,7-8,10-12H2,2-3H3,(H,20,21,22)/b14-5+/t15-/m1/s1. The van der Waals surface area contributed by atoms with Crippen LogP contribution in [0, 0.1) is 0 Å². The lowest BCUT2D eigenvalue weighted by molar-refractivity contribution is 0.0510. The summed E-state index contributed by atoms with van der Waals surface area (Å²) in [5.74, 6) is 0.897. The van der Waals surface area contributed by atoms with Crippen molar-refractivity contribution in [3.63, 3.8) is 0 Å². The van der Waals surface area contributed by atoms with Crippen LogP contribution >= 0.6 is 0 Å². The van der Waals surface area contributed by atoms with Gasteiger partial charge in [-0.05, 0) is 31.4 Å². The number of aromatic amines is 1. The second kappa shape index (κ2) is 8.03. The Kier molecular flexibility index (Phi) is 5.55. The zero-order valence-electron chi connectivity index (χ0n) is 15.3. The molecule has 1 N–H and O–H groups in total. The van der Waals surface area contributed by atoms with Gasteiger partial charge in [0.1, 0.15) is 24.4 Å². The van der Waals surface area contributed by atoms with Gasteiger partial charge in [-0.25, -0.2) is 14.8 Å². The van der Waals surface area contributed by atoms with Gasteiger partial charge in [0.15, 0.2) is 0 Å². The van der Waals surface area contributed by atoms with Crippen LogP contribution in [0.1, 0.15) is 19.8 Å². The number of rotatable bonds is 7. The fourth-order valence-corrected chi connectivity index (χ4v) is 3.08. The molecule has 7 nitrogen and oxygen atoms in total. The molecule has 0 unspecified atom stereocenters. The molecule has 2 aromatic rings. The number of amides is 1. The highest BCUT2D eigenvalue weighted by Gasteiger charge is 2.33. The highest BCUT2D eigenvalue weighted by atomic mass is 16.6. The summed E-state index contributed by atoms with van der Waals surface area (Å²) in [7, 11) is 2.01. The predicted molar refractivity (Wildman–Crippen MR) is 102 cm³/mol. The first-order chi connectivity index (χ1) is 12.6. The van der Waals surface area contributed by atoms with E-state index in [1.807, 2.05) is 32.3 Å². The van der Waals surface area contributed by atoms with Crippen LogP contribution in [0.25, 0.3) is 11.0 Å². The summed E-state index contributed by atoms with van der Waals surface area (Å²) in [6.45, 7) is 7.44. The third-order valence-electron chi connectivity index (χ3n) is 4.87. The van der Waals surface area contributed by atoms with Crippen molar-refractivity contribution in [2.24, 2.45) is 0 Å². The number of hydrogen-bond acceptors (Lipinski definition) is 5. The molecule has 0 aliphatic carbocycles. The van der Waals surface area contributed by atoms with E-state index in [0.29, 0.717) is 0 Å². The number of likely N-dealkylation sites (tertiary alicyclic amines) is 1. The van der Waals surface area contributed by atoms with Gasteiger partial charge >= 0.3 is 6.09 Å². The third-order valence-corrected chi connectivity index (χ3v) is 4.87. The maximum absolute atomic E-state index is 12.2. The van der Waals surface area contributed by atoms with E-state index in [4.69, 9.17) is 4.74 Å². The molecule has 1 amide bonds. The first-order valence-corrected chi connectivity index (χ1v) is 8.84. The molecular formula is C19H25N5O2. The van der Waals surface area contributed by atoms with E-state index in [2.05, 4.69) is 26.4 Å². The quantitative estimate of drug-likeness (QED) is 0.773. The van der Waals surface area contributed by atoms with E-state index in [1.54, 1.807) is 17.3 Å². The summed E-state index contributed by atoms with van der Waals surface area (Å²) in [5, 5.41) is 1.00. The summed E-state index contributed by atoms with van der Waals surface area (Å²) < 4.78 is 5.37. The van der Waals surface area contributed by atoms with Crippen LogP contribution in [-0.2, 0) is 4.74 Å². The lowest BCUT2D eigenvalue weighted by Gasteiger charge is -2.40. The second-order valence-corrected chi connectivity index (χ2v) is 6.41. The van der Waals surface area contributed by atoms with Gasteiger partial charge in [0.2, 0.25) is 0 Å². The van der Waals surface area contributed by atoms with Crippen molar-refractivity contribution in [1.82, 2.24) is 19.9 Å². The molecule has 2 aromatic heterocycles. The minimum absolute atomic E-state index is 0.214. The number of nitrogens with zero attached hydrogens (tertiary/aromatic N) is 4. The Morgan fingerprint density at radius 3 is 3.08 bits per heavy atom. The van der Waals surface area contributed by atoms with Crippen LogP contribution in [0.2, 0.25) is 0 Å². The molecule has 1 atom stereocenters. The largest absolute Gasteiger partial charge is 0.445 e. The summed E-state index contributed by atoms with van der Waals surface area (Å²) in [6, 6.07) is 2.19. The Labute approximate surface area is 153 Å². The number of H-pyrrole nitrogens is 1. The minimum Gasteiger partial charge on any atom is -0.445 e. The van der Waals surface area contributed by atoms with Crippen molar-refractivity contribution in [2.75, 3.05) is 31.6 Å². The van der Waals surface area contributed by atoms with E-state index in [1.165, 1.54) is 0 Å². The maximum atomic E-state index is 12.2. The van der Waals surface area contributed by atoms with Gasteiger partial charge in [-0.15, -0.1) is 0 Å². The molecule has 3 heterocycles. The summed E-state index contributed by atoms with van der Waals surface area (Å²) in [6.07, 6.45) is 8.66. The van der Waals surface area contributed by atoms with Crippen LogP contribution in [0.5, 0.6) is 0 Å². The molecule has 1 aliphatic heterocycles. The van der Waals surface area contributed by atoms with Crippen molar-refractivity contribution in [2.45, 2.75) is 25.8 Å². The molecule has 3 rings (SSSR count). The molecule has 0 bridgehead atoms. The molecule has 1 saturated heterocycles. The molecule has 0 saturated carbocycles. The van der Waals surface area contributed by atoms with Crippen LogP contribution in [0.3, 0.4) is 0 Å². The van der Waals surface area contributed by atoms with Gasteiger partial charge in [-0.3, -0.25) is 0 Å². The number of fused-ring (bicyclic) bond motifs is 1.